The standard InChI is InChI=1S/C15H33O3P/c1-2-3-4-5-6-7-8-9-10-11-12-13-14-15-19(16,17)18/h2-15H2,1H3,(H2,16,17,18). The van der Waals surface area contributed by atoms with Gasteiger partial charge in [-0.1, -0.05) is 84.0 Å². The van der Waals surface area contributed by atoms with Gasteiger partial charge in [0.2, 0.25) is 0 Å². The first kappa shape index (κ1) is 19.1. The summed E-state index contributed by atoms with van der Waals surface area (Å²) in [5.41, 5.74) is 0. The quantitative estimate of drug-likeness (QED) is 0.339. The van der Waals surface area contributed by atoms with Crippen molar-refractivity contribution in [2.24, 2.45) is 0 Å². The van der Waals surface area contributed by atoms with Crippen molar-refractivity contribution < 1.29 is 14.4 Å². The molecule has 0 radical (unpaired) electrons. The molecule has 0 aliphatic heterocycles. The lowest BCUT2D eigenvalue weighted by Gasteiger charge is -2.04. The number of rotatable bonds is 14. The van der Waals surface area contributed by atoms with Crippen molar-refractivity contribution in [3.8, 4) is 0 Å². The molecule has 0 atom stereocenters. The second-order valence-corrected chi connectivity index (χ2v) is 7.41. The van der Waals surface area contributed by atoms with Gasteiger partial charge in [-0.2, -0.15) is 0 Å². The topological polar surface area (TPSA) is 57.5 Å². The Labute approximate surface area is 119 Å². The van der Waals surface area contributed by atoms with Crippen LogP contribution in [0.1, 0.15) is 90.4 Å². The van der Waals surface area contributed by atoms with Gasteiger partial charge in [0.25, 0.3) is 0 Å². The van der Waals surface area contributed by atoms with Gasteiger partial charge in [-0.05, 0) is 6.42 Å². The first-order valence-corrected chi connectivity index (χ1v) is 9.90. The van der Waals surface area contributed by atoms with Gasteiger partial charge >= 0.3 is 7.60 Å². The molecule has 0 aromatic rings. The molecule has 0 aromatic heterocycles. The summed E-state index contributed by atoms with van der Waals surface area (Å²) in [6.07, 6.45) is 16.3. The number of unbranched alkanes of at least 4 members (excludes halogenated alkanes) is 12. The second-order valence-electron chi connectivity index (χ2n) is 5.63. The zero-order valence-corrected chi connectivity index (χ0v) is 13.5. The van der Waals surface area contributed by atoms with Crippen molar-refractivity contribution in [3.63, 3.8) is 0 Å². The molecule has 4 heteroatoms. The molecule has 0 rings (SSSR count). The van der Waals surface area contributed by atoms with Crippen LogP contribution in [0.4, 0.5) is 0 Å². The van der Waals surface area contributed by atoms with Crippen LogP contribution in [0, 0.1) is 0 Å². The van der Waals surface area contributed by atoms with E-state index in [4.69, 9.17) is 9.79 Å². The summed E-state index contributed by atoms with van der Waals surface area (Å²) in [5.74, 6) is 0. The highest BCUT2D eigenvalue weighted by atomic mass is 31.2. The van der Waals surface area contributed by atoms with Crippen LogP contribution in [-0.4, -0.2) is 15.9 Å². The normalized spacial score (nSPS) is 11.9. The van der Waals surface area contributed by atoms with Crippen LogP contribution in [0.25, 0.3) is 0 Å². The lowest BCUT2D eigenvalue weighted by Crippen LogP contribution is -1.88. The molecular formula is C15H33O3P. The maximum Gasteiger partial charge on any atom is 0.325 e. The fraction of sp³-hybridized carbons (Fsp3) is 1.00. The van der Waals surface area contributed by atoms with Gasteiger partial charge in [-0.3, -0.25) is 4.57 Å². The maximum absolute atomic E-state index is 10.6. The summed E-state index contributed by atoms with van der Waals surface area (Å²) >= 11 is 0. The van der Waals surface area contributed by atoms with Crippen molar-refractivity contribution >= 4 is 7.60 Å². The van der Waals surface area contributed by atoms with Crippen molar-refractivity contribution in [1.29, 1.82) is 0 Å². The second kappa shape index (κ2) is 13.1. The van der Waals surface area contributed by atoms with Gasteiger partial charge in [-0.15, -0.1) is 0 Å². The molecule has 0 bridgehead atoms. The molecule has 116 valence electrons. The summed E-state index contributed by atoms with van der Waals surface area (Å²) in [6.45, 7) is 2.25. The summed E-state index contributed by atoms with van der Waals surface area (Å²) in [6, 6.07) is 0. The highest BCUT2D eigenvalue weighted by molar-refractivity contribution is 7.51. The zero-order valence-electron chi connectivity index (χ0n) is 12.6. The van der Waals surface area contributed by atoms with Crippen molar-refractivity contribution in [2.75, 3.05) is 6.16 Å². The average molecular weight is 292 g/mol. The Kier molecular flexibility index (Phi) is 13.3. The molecule has 2 N–H and O–H groups in total. The Hall–Kier alpha value is 0.150. The van der Waals surface area contributed by atoms with Crippen LogP contribution in [0.2, 0.25) is 0 Å². The largest absolute Gasteiger partial charge is 0.325 e. The predicted molar refractivity (Wildman–Crippen MR) is 82.6 cm³/mol. The molecule has 0 heterocycles. The predicted octanol–water partition coefficient (Wildman–Crippen LogP) is 5.26. The van der Waals surface area contributed by atoms with Crippen molar-refractivity contribution in [1.82, 2.24) is 0 Å². The van der Waals surface area contributed by atoms with E-state index in [-0.39, 0.29) is 6.16 Å². The van der Waals surface area contributed by atoms with E-state index in [2.05, 4.69) is 6.92 Å². The van der Waals surface area contributed by atoms with E-state index in [9.17, 15) is 4.57 Å². The number of hydrogen-bond acceptors (Lipinski definition) is 1. The zero-order chi connectivity index (χ0) is 14.4. The SMILES string of the molecule is CCCCCCCCCCCCCCCP(=O)(O)O. The smallest absolute Gasteiger partial charge is 0.324 e. The van der Waals surface area contributed by atoms with Crippen molar-refractivity contribution in [3.05, 3.63) is 0 Å². The minimum Gasteiger partial charge on any atom is -0.324 e. The first-order valence-electron chi connectivity index (χ1n) is 8.11. The monoisotopic (exact) mass is 292 g/mol. The summed E-state index contributed by atoms with van der Waals surface area (Å²) < 4.78 is 10.6. The molecule has 3 nitrogen and oxygen atoms in total. The summed E-state index contributed by atoms with van der Waals surface area (Å²) in [4.78, 5) is 17.4. The van der Waals surface area contributed by atoms with E-state index in [0.717, 1.165) is 12.8 Å². The molecule has 0 aliphatic carbocycles. The highest BCUT2D eigenvalue weighted by Gasteiger charge is 2.10. The van der Waals surface area contributed by atoms with Crippen LogP contribution < -0.4 is 0 Å². The minimum atomic E-state index is -3.75. The molecule has 0 unspecified atom stereocenters. The summed E-state index contributed by atoms with van der Waals surface area (Å²) in [7, 11) is -3.75. The fourth-order valence-electron chi connectivity index (χ4n) is 2.34. The maximum atomic E-state index is 10.6. The third kappa shape index (κ3) is 18.1. The lowest BCUT2D eigenvalue weighted by molar-refractivity contribution is 0.370. The van der Waals surface area contributed by atoms with Gasteiger partial charge in [0.05, 0.1) is 0 Å². The van der Waals surface area contributed by atoms with Crippen LogP contribution >= 0.6 is 7.60 Å². The van der Waals surface area contributed by atoms with Gasteiger partial charge in [0.15, 0.2) is 0 Å². The van der Waals surface area contributed by atoms with Crippen molar-refractivity contribution in [2.45, 2.75) is 90.4 Å². The summed E-state index contributed by atoms with van der Waals surface area (Å²) in [5, 5.41) is 0. The first-order chi connectivity index (χ1) is 9.06. The van der Waals surface area contributed by atoms with Gasteiger partial charge in [0.1, 0.15) is 0 Å². The van der Waals surface area contributed by atoms with Gasteiger partial charge in [-0.25, -0.2) is 0 Å². The molecule has 0 aromatic carbocycles. The molecule has 0 amide bonds. The van der Waals surface area contributed by atoms with E-state index in [1.54, 1.807) is 0 Å². The average Bonchev–Trinajstić information content (AvgIpc) is 2.34. The van der Waals surface area contributed by atoms with Crippen LogP contribution in [0.15, 0.2) is 0 Å². The molecule has 19 heavy (non-hydrogen) atoms. The Bertz CT molecular complexity index is 225. The van der Waals surface area contributed by atoms with E-state index in [0.29, 0.717) is 6.42 Å². The van der Waals surface area contributed by atoms with Gasteiger partial charge in [0, 0.05) is 6.16 Å². The Morgan fingerprint density at radius 1 is 0.632 bits per heavy atom. The highest BCUT2D eigenvalue weighted by Crippen LogP contribution is 2.35. The number of hydrogen-bond donors (Lipinski definition) is 2. The Balaban J connectivity index is 3.01. The van der Waals surface area contributed by atoms with Crippen LogP contribution in [-0.2, 0) is 4.57 Å². The van der Waals surface area contributed by atoms with Gasteiger partial charge < -0.3 is 9.79 Å². The van der Waals surface area contributed by atoms with Crippen LogP contribution in [0.3, 0.4) is 0 Å². The van der Waals surface area contributed by atoms with E-state index < -0.39 is 7.60 Å². The van der Waals surface area contributed by atoms with Crippen LogP contribution in [0.5, 0.6) is 0 Å². The minimum absolute atomic E-state index is 0.0603. The van der Waals surface area contributed by atoms with E-state index >= 15 is 0 Å². The molecule has 0 aliphatic rings. The fourth-order valence-corrected chi connectivity index (χ4v) is 2.97. The third-order valence-electron chi connectivity index (χ3n) is 3.55. The molecule has 0 fully saturated rings. The molecule has 0 spiro atoms. The molecular weight excluding hydrogens is 259 g/mol. The Morgan fingerprint density at radius 2 is 0.947 bits per heavy atom. The Morgan fingerprint density at radius 3 is 1.26 bits per heavy atom. The lowest BCUT2D eigenvalue weighted by atomic mass is 10.1. The third-order valence-corrected chi connectivity index (χ3v) is 4.45. The van der Waals surface area contributed by atoms with E-state index in [1.807, 2.05) is 0 Å². The molecule has 0 saturated heterocycles. The van der Waals surface area contributed by atoms with E-state index in [1.165, 1.54) is 64.2 Å². The molecule has 0 saturated carbocycles.